The van der Waals surface area contributed by atoms with E-state index in [1.165, 1.54) is 29.2 Å². The molecule has 0 atom stereocenters. The zero-order valence-corrected chi connectivity index (χ0v) is 15.5. The van der Waals surface area contributed by atoms with E-state index in [-0.39, 0.29) is 29.6 Å². The van der Waals surface area contributed by atoms with Crippen LogP contribution in [0.4, 0.5) is 5.69 Å². The number of hydrogen-bond acceptors (Lipinski definition) is 6. The number of amides is 1. The number of non-ortho nitro benzene ring substituents is 1. The fourth-order valence-electron chi connectivity index (χ4n) is 2.73. The number of benzene rings is 1. The van der Waals surface area contributed by atoms with Crippen molar-refractivity contribution in [3.63, 3.8) is 0 Å². The van der Waals surface area contributed by atoms with Crippen molar-refractivity contribution >= 4 is 22.6 Å². The van der Waals surface area contributed by atoms with Crippen molar-refractivity contribution in [2.45, 2.75) is 26.9 Å². The minimum Gasteiger partial charge on any atom is -0.354 e. The SMILES string of the molecule is CC(C)C(=O)NCCn1ncc2c(=O)n(Cc3cccc([N+](=O)[O-])c3)cnc21. The van der Waals surface area contributed by atoms with Crippen LogP contribution in [0.5, 0.6) is 0 Å². The molecule has 0 radical (unpaired) electrons. The molecule has 0 unspecified atom stereocenters. The molecule has 3 rings (SSSR count). The smallest absolute Gasteiger partial charge is 0.269 e. The first kappa shape index (κ1) is 19.2. The van der Waals surface area contributed by atoms with Crippen LogP contribution in [-0.2, 0) is 17.9 Å². The van der Waals surface area contributed by atoms with Gasteiger partial charge in [-0.05, 0) is 5.56 Å². The lowest BCUT2D eigenvalue weighted by atomic mass is 10.2. The molecule has 0 aliphatic rings. The molecule has 28 heavy (non-hydrogen) atoms. The van der Waals surface area contributed by atoms with Gasteiger partial charge in [-0.15, -0.1) is 0 Å². The first-order valence-corrected chi connectivity index (χ1v) is 8.79. The van der Waals surface area contributed by atoms with Crippen LogP contribution in [0.3, 0.4) is 0 Å². The molecule has 1 amide bonds. The lowest BCUT2D eigenvalue weighted by molar-refractivity contribution is -0.384. The van der Waals surface area contributed by atoms with Gasteiger partial charge in [-0.2, -0.15) is 5.10 Å². The van der Waals surface area contributed by atoms with Gasteiger partial charge < -0.3 is 5.32 Å². The summed E-state index contributed by atoms with van der Waals surface area (Å²) in [5.41, 5.74) is 0.741. The highest BCUT2D eigenvalue weighted by atomic mass is 16.6. The summed E-state index contributed by atoms with van der Waals surface area (Å²) in [5, 5.41) is 18.2. The Bertz CT molecular complexity index is 1090. The van der Waals surface area contributed by atoms with Crippen LogP contribution in [0, 0.1) is 16.0 Å². The normalized spacial score (nSPS) is 11.1. The molecule has 0 saturated heterocycles. The molecule has 2 heterocycles. The zero-order chi connectivity index (χ0) is 20.3. The monoisotopic (exact) mass is 384 g/mol. The van der Waals surface area contributed by atoms with Crippen LogP contribution in [0.25, 0.3) is 11.0 Å². The molecular formula is C18H20N6O4. The molecule has 1 aromatic carbocycles. The summed E-state index contributed by atoms with van der Waals surface area (Å²) in [6.07, 6.45) is 2.84. The van der Waals surface area contributed by atoms with Crippen LogP contribution < -0.4 is 10.9 Å². The Morgan fingerprint density at radius 3 is 2.86 bits per heavy atom. The molecule has 0 aliphatic heterocycles. The molecule has 0 fully saturated rings. The van der Waals surface area contributed by atoms with Crippen molar-refractivity contribution in [1.82, 2.24) is 24.6 Å². The largest absolute Gasteiger partial charge is 0.354 e. The van der Waals surface area contributed by atoms with Crippen LogP contribution in [-0.4, -0.2) is 36.7 Å². The van der Waals surface area contributed by atoms with Crippen molar-refractivity contribution < 1.29 is 9.72 Å². The van der Waals surface area contributed by atoms with E-state index in [9.17, 15) is 19.7 Å². The van der Waals surface area contributed by atoms with E-state index in [4.69, 9.17) is 0 Å². The highest BCUT2D eigenvalue weighted by Gasteiger charge is 2.12. The van der Waals surface area contributed by atoms with E-state index in [1.807, 2.05) is 13.8 Å². The van der Waals surface area contributed by atoms with Gasteiger partial charge in [0.15, 0.2) is 5.65 Å². The molecule has 10 nitrogen and oxygen atoms in total. The van der Waals surface area contributed by atoms with E-state index < -0.39 is 4.92 Å². The second kappa shape index (κ2) is 7.99. The summed E-state index contributed by atoms with van der Waals surface area (Å²) in [7, 11) is 0. The fraction of sp³-hybridized carbons (Fsp3) is 0.333. The summed E-state index contributed by atoms with van der Waals surface area (Å²) >= 11 is 0. The Morgan fingerprint density at radius 2 is 2.14 bits per heavy atom. The average Bonchev–Trinajstić information content (AvgIpc) is 3.08. The summed E-state index contributed by atoms with van der Waals surface area (Å²) in [6.45, 7) is 4.56. The van der Waals surface area contributed by atoms with Gasteiger partial charge in [0.05, 0.1) is 24.2 Å². The Morgan fingerprint density at radius 1 is 1.36 bits per heavy atom. The number of hydrogen-bond donors (Lipinski definition) is 1. The van der Waals surface area contributed by atoms with Crippen molar-refractivity contribution in [2.75, 3.05) is 6.54 Å². The first-order chi connectivity index (χ1) is 13.4. The number of rotatable bonds is 7. The lowest BCUT2D eigenvalue weighted by Crippen LogP contribution is -2.31. The van der Waals surface area contributed by atoms with Gasteiger partial charge >= 0.3 is 0 Å². The Kier molecular flexibility index (Phi) is 5.48. The Balaban J connectivity index is 1.79. The standard InChI is InChI=1S/C18H20N6O4/c1-12(2)17(25)19-6-7-23-16-15(9-21-23)18(26)22(11-20-16)10-13-4-3-5-14(8-13)24(27)28/h3-5,8-9,11-12H,6-7,10H2,1-2H3,(H,19,25). The summed E-state index contributed by atoms with van der Waals surface area (Å²) in [5.74, 6) is -0.155. The number of carbonyl (C=O) groups excluding carboxylic acids is 1. The Hall–Kier alpha value is -3.56. The third-order valence-corrected chi connectivity index (χ3v) is 4.24. The van der Waals surface area contributed by atoms with Gasteiger partial charge in [0.2, 0.25) is 5.91 Å². The molecule has 0 aliphatic carbocycles. The van der Waals surface area contributed by atoms with E-state index in [0.29, 0.717) is 29.7 Å². The molecule has 146 valence electrons. The van der Waals surface area contributed by atoms with Gasteiger partial charge in [-0.25, -0.2) is 9.67 Å². The van der Waals surface area contributed by atoms with E-state index in [0.717, 1.165) is 0 Å². The first-order valence-electron chi connectivity index (χ1n) is 8.79. The molecular weight excluding hydrogens is 364 g/mol. The van der Waals surface area contributed by atoms with E-state index >= 15 is 0 Å². The fourth-order valence-corrected chi connectivity index (χ4v) is 2.73. The third kappa shape index (κ3) is 4.05. The van der Waals surface area contributed by atoms with E-state index in [1.54, 1.807) is 16.8 Å². The predicted molar refractivity (Wildman–Crippen MR) is 102 cm³/mol. The van der Waals surface area contributed by atoms with Crippen LogP contribution in [0.15, 0.2) is 41.6 Å². The number of nitro benzene ring substituents is 1. The number of nitro groups is 1. The topological polar surface area (TPSA) is 125 Å². The zero-order valence-electron chi connectivity index (χ0n) is 15.5. The minimum atomic E-state index is -0.476. The molecule has 3 aromatic rings. The Labute approximate surface area is 160 Å². The van der Waals surface area contributed by atoms with Crippen molar-refractivity contribution in [3.8, 4) is 0 Å². The maximum Gasteiger partial charge on any atom is 0.269 e. The third-order valence-electron chi connectivity index (χ3n) is 4.24. The summed E-state index contributed by atoms with van der Waals surface area (Å²) < 4.78 is 2.95. The van der Waals surface area contributed by atoms with Gasteiger partial charge in [0.1, 0.15) is 11.7 Å². The number of nitrogens with one attached hydrogen (secondary N) is 1. The van der Waals surface area contributed by atoms with Gasteiger partial charge in [-0.3, -0.25) is 24.3 Å². The molecule has 0 saturated carbocycles. The van der Waals surface area contributed by atoms with Gasteiger partial charge in [0.25, 0.3) is 11.2 Å². The summed E-state index contributed by atoms with van der Waals surface area (Å²) in [4.78, 5) is 39.1. The maximum absolute atomic E-state index is 12.7. The van der Waals surface area contributed by atoms with Gasteiger partial charge in [0, 0.05) is 24.6 Å². The number of nitrogens with zero attached hydrogens (tertiary/aromatic N) is 5. The molecule has 0 bridgehead atoms. The number of fused-ring (bicyclic) bond motifs is 1. The number of carbonyl (C=O) groups is 1. The maximum atomic E-state index is 12.7. The molecule has 1 N–H and O–H groups in total. The lowest BCUT2D eigenvalue weighted by Gasteiger charge is -2.08. The summed E-state index contributed by atoms with van der Waals surface area (Å²) in [6, 6.07) is 6.12. The highest BCUT2D eigenvalue weighted by molar-refractivity contribution is 5.77. The van der Waals surface area contributed by atoms with E-state index in [2.05, 4.69) is 15.4 Å². The van der Waals surface area contributed by atoms with Crippen molar-refractivity contribution in [2.24, 2.45) is 5.92 Å². The van der Waals surface area contributed by atoms with Crippen LogP contribution >= 0.6 is 0 Å². The quantitative estimate of drug-likeness (QED) is 0.484. The number of aromatic nitrogens is 4. The average molecular weight is 384 g/mol. The molecule has 0 spiro atoms. The highest BCUT2D eigenvalue weighted by Crippen LogP contribution is 2.14. The van der Waals surface area contributed by atoms with Crippen molar-refractivity contribution in [1.29, 1.82) is 0 Å². The second-order valence-electron chi connectivity index (χ2n) is 6.66. The predicted octanol–water partition coefficient (Wildman–Crippen LogP) is 1.32. The van der Waals surface area contributed by atoms with Crippen LogP contribution in [0.1, 0.15) is 19.4 Å². The second-order valence-corrected chi connectivity index (χ2v) is 6.66. The minimum absolute atomic E-state index is 0.0316. The van der Waals surface area contributed by atoms with Crippen molar-refractivity contribution in [3.05, 3.63) is 62.8 Å². The molecule has 10 heteroatoms. The molecule has 2 aromatic heterocycles. The van der Waals surface area contributed by atoms with Crippen LogP contribution in [0.2, 0.25) is 0 Å². The van der Waals surface area contributed by atoms with Gasteiger partial charge in [-0.1, -0.05) is 26.0 Å².